The van der Waals surface area contributed by atoms with Gasteiger partial charge in [-0.1, -0.05) is 6.07 Å². The van der Waals surface area contributed by atoms with Crippen LogP contribution in [0.15, 0.2) is 48.1 Å². The Kier molecular flexibility index (Phi) is 6.06. The highest BCUT2D eigenvalue weighted by Gasteiger charge is 2.36. The number of carbonyl (C=O) groups is 2. The minimum atomic E-state index is -0.296. The lowest BCUT2D eigenvalue weighted by molar-refractivity contribution is -0.128. The first-order valence-corrected chi connectivity index (χ1v) is 12.1. The number of pyridine rings is 2. The Morgan fingerprint density at radius 1 is 1.21 bits per heavy atom. The number of piperidine rings is 1. The predicted molar refractivity (Wildman–Crippen MR) is 128 cm³/mol. The number of aromatic nitrogens is 5. The average molecular weight is 476 g/mol. The van der Waals surface area contributed by atoms with Crippen molar-refractivity contribution in [3.05, 3.63) is 64.6 Å². The average Bonchev–Trinajstić information content (AvgIpc) is 3.50. The zero-order chi connectivity index (χ0) is 23.7. The molecule has 34 heavy (non-hydrogen) atoms. The van der Waals surface area contributed by atoms with Crippen LogP contribution in [-0.2, 0) is 11.3 Å². The van der Waals surface area contributed by atoms with Crippen LogP contribution in [0, 0.1) is 12.8 Å². The number of hydrogen-bond donors (Lipinski definition) is 1. The molecule has 1 aliphatic heterocycles. The van der Waals surface area contributed by atoms with Crippen LogP contribution in [0.2, 0.25) is 0 Å². The van der Waals surface area contributed by atoms with Gasteiger partial charge in [-0.3, -0.25) is 14.6 Å². The van der Waals surface area contributed by atoms with Crippen LogP contribution in [-0.4, -0.2) is 53.9 Å². The third-order valence-electron chi connectivity index (χ3n) is 6.19. The standard InChI is InChI=1S/C24H25N7O2S/c1-15-8-9-17(12-25-15)19-14-34-21(27-19)13-26-23(32)18-6-5-10-30(16(18)2)24(33)22-28-20-7-3-4-11-31(20)29-22/h3-4,7-9,11-12,14,16,18H,5-6,10,13H2,1-2H3,(H,26,32)/t16-,18-/m0/s1. The number of carbonyl (C=O) groups excluding carboxylic acids is 2. The number of rotatable bonds is 5. The minimum absolute atomic E-state index is 0.0679. The maximum absolute atomic E-state index is 13.1. The van der Waals surface area contributed by atoms with Crippen LogP contribution in [0.25, 0.3) is 16.9 Å². The van der Waals surface area contributed by atoms with Crippen molar-refractivity contribution in [1.82, 2.24) is 34.8 Å². The number of nitrogens with zero attached hydrogens (tertiary/aromatic N) is 6. The summed E-state index contributed by atoms with van der Waals surface area (Å²) in [6, 6.07) is 9.19. The van der Waals surface area contributed by atoms with Crippen LogP contribution >= 0.6 is 11.3 Å². The number of hydrogen-bond acceptors (Lipinski definition) is 7. The Balaban J connectivity index is 1.22. The maximum Gasteiger partial charge on any atom is 0.293 e. The van der Waals surface area contributed by atoms with Crippen molar-refractivity contribution in [1.29, 1.82) is 0 Å². The van der Waals surface area contributed by atoms with Crippen LogP contribution < -0.4 is 5.32 Å². The molecule has 2 amide bonds. The fraction of sp³-hybridized carbons (Fsp3) is 0.333. The molecule has 4 aromatic heterocycles. The van der Waals surface area contributed by atoms with Crippen molar-refractivity contribution in [3.8, 4) is 11.3 Å². The Morgan fingerprint density at radius 3 is 2.88 bits per heavy atom. The second kappa shape index (κ2) is 9.30. The molecule has 0 aliphatic carbocycles. The molecule has 2 atom stereocenters. The van der Waals surface area contributed by atoms with Gasteiger partial charge in [0.25, 0.3) is 5.91 Å². The van der Waals surface area contributed by atoms with Crippen molar-refractivity contribution in [3.63, 3.8) is 0 Å². The molecule has 9 nitrogen and oxygen atoms in total. The molecule has 1 aliphatic rings. The summed E-state index contributed by atoms with van der Waals surface area (Å²) in [4.78, 5) is 41.2. The van der Waals surface area contributed by atoms with E-state index in [4.69, 9.17) is 0 Å². The molecule has 5 heterocycles. The molecule has 0 saturated carbocycles. The van der Waals surface area contributed by atoms with E-state index in [1.165, 1.54) is 11.3 Å². The molecule has 0 unspecified atom stereocenters. The first-order chi connectivity index (χ1) is 16.5. The fourth-order valence-corrected chi connectivity index (χ4v) is 5.01. The largest absolute Gasteiger partial charge is 0.349 e. The molecular weight excluding hydrogens is 450 g/mol. The lowest BCUT2D eigenvalue weighted by Crippen LogP contribution is -2.51. The van der Waals surface area contributed by atoms with Gasteiger partial charge in [0.2, 0.25) is 11.7 Å². The van der Waals surface area contributed by atoms with Crippen molar-refractivity contribution in [2.24, 2.45) is 5.92 Å². The van der Waals surface area contributed by atoms with Gasteiger partial charge in [-0.05, 0) is 51.0 Å². The zero-order valence-corrected chi connectivity index (χ0v) is 19.8. The van der Waals surface area contributed by atoms with E-state index in [0.29, 0.717) is 18.7 Å². The summed E-state index contributed by atoms with van der Waals surface area (Å²) < 4.78 is 1.58. The number of amides is 2. The smallest absolute Gasteiger partial charge is 0.293 e. The van der Waals surface area contributed by atoms with Gasteiger partial charge in [0.15, 0.2) is 5.65 Å². The Bertz CT molecular complexity index is 1300. The van der Waals surface area contributed by atoms with Gasteiger partial charge >= 0.3 is 0 Å². The van der Waals surface area contributed by atoms with Gasteiger partial charge < -0.3 is 10.2 Å². The second-order valence-electron chi connectivity index (χ2n) is 8.46. The van der Waals surface area contributed by atoms with E-state index in [0.717, 1.165) is 34.8 Å². The lowest BCUT2D eigenvalue weighted by Gasteiger charge is -2.38. The van der Waals surface area contributed by atoms with Gasteiger partial charge in [0.1, 0.15) is 5.01 Å². The molecule has 0 aromatic carbocycles. The van der Waals surface area contributed by atoms with Crippen molar-refractivity contribution >= 4 is 28.8 Å². The van der Waals surface area contributed by atoms with Crippen LogP contribution in [0.3, 0.4) is 0 Å². The summed E-state index contributed by atoms with van der Waals surface area (Å²) in [5.74, 6) is -0.456. The lowest BCUT2D eigenvalue weighted by atomic mass is 9.89. The predicted octanol–water partition coefficient (Wildman–Crippen LogP) is 3.11. The fourth-order valence-electron chi connectivity index (χ4n) is 4.27. The molecule has 0 spiro atoms. The van der Waals surface area contributed by atoms with Crippen molar-refractivity contribution in [2.75, 3.05) is 6.54 Å². The molecule has 1 saturated heterocycles. The molecule has 1 fully saturated rings. The van der Waals surface area contributed by atoms with Crippen LogP contribution in [0.5, 0.6) is 0 Å². The number of aryl methyl sites for hydroxylation is 1. The highest BCUT2D eigenvalue weighted by atomic mass is 32.1. The zero-order valence-electron chi connectivity index (χ0n) is 19.0. The van der Waals surface area contributed by atoms with E-state index in [1.807, 2.05) is 43.5 Å². The second-order valence-corrected chi connectivity index (χ2v) is 9.40. The molecule has 10 heteroatoms. The van der Waals surface area contributed by atoms with E-state index in [-0.39, 0.29) is 29.6 Å². The third kappa shape index (κ3) is 4.41. The Labute approximate surface area is 200 Å². The monoisotopic (exact) mass is 475 g/mol. The van der Waals surface area contributed by atoms with E-state index in [9.17, 15) is 9.59 Å². The molecular formula is C24H25N7O2S. The van der Waals surface area contributed by atoms with Gasteiger partial charge in [-0.15, -0.1) is 16.4 Å². The van der Waals surface area contributed by atoms with Gasteiger partial charge in [-0.25, -0.2) is 14.5 Å². The number of likely N-dealkylation sites (tertiary alicyclic amines) is 1. The van der Waals surface area contributed by atoms with E-state index < -0.39 is 0 Å². The first kappa shape index (κ1) is 22.1. The summed E-state index contributed by atoms with van der Waals surface area (Å²) in [6.07, 6.45) is 5.05. The van der Waals surface area contributed by atoms with E-state index in [2.05, 4.69) is 25.4 Å². The minimum Gasteiger partial charge on any atom is -0.349 e. The first-order valence-electron chi connectivity index (χ1n) is 11.3. The van der Waals surface area contributed by atoms with E-state index >= 15 is 0 Å². The molecule has 0 radical (unpaired) electrons. The van der Waals surface area contributed by atoms with Gasteiger partial charge in [0, 0.05) is 41.6 Å². The van der Waals surface area contributed by atoms with E-state index in [1.54, 1.807) is 27.9 Å². The summed E-state index contributed by atoms with van der Waals surface area (Å²) in [5.41, 5.74) is 3.38. The Hall–Kier alpha value is -3.66. The normalized spacial score (nSPS) is 18.2. The van der Waals surface area contributed by atoms with Crippen molar-refractivity contribution in [2.45, 2.75) is 39.3 Å². The summed E-state index contributed by atoms with van der Waals surface area (Å²) >= 11 is 1.51. The topological polar surface area (TPSA) is 105 Å². The number of thiazole rings is 1. The van der Waals surface area contributed by atoms with Crippen LogP contribution in [0.4, 0.5) is 0 Å². The van der Waals surface area contributed by atoms with Crippen molar-refractivity contribution < 1.29 is 9.59 Å². The van der Waals surface area contributed by atoms with Gasteiger partial charge in [-0.2, -0.15) is 0 Å². The highest BCUT2D eigenvalue weighted by Crippen LogP contribution is 2.26. The molecule has 0 bridgehead atoms. The van der Waals surface area contributed by atoms with Gasteiger partial charge in [0.05, 0.1) is 18.2 Å². The summed E-state index contributed by atoms with van der Waals surface area (Å²) in [5, 5.41) is 10.1. The summed E-state index contributed by atoms with van der Waals surface area (Å²) in [7, 11) is 0. The Morgan fingerprint density at radius 2 is 2.09 bits per heavy atom. The quantitative estimate of drug-likeness (QED) is 0.476. The number of fused-ring (bicyclic) bond motifs is 1. The third-order valence-corrected chi connectivity index (χ3v) is 7.04. The van der Waals surface area contributed by atoms with Crippen LogP contribution in [0.1, 0.15) is 41.1 Å². The SMILES string of the molecule is Cc1ccc(-c2csc(CNC(=O)[C@H]3CCCN(C(=O)c4nc5ccccn5n4)[C@H]3C)n2)cn1. The molecule has 4 aromatic rings. The maximum atomic E-state index is 13.1. The molecule has 1 N–H and O–H groups in total. The molecule has 5 rings (SSSR count). The number of nitrogens with one attached hydrogen (secondary N) is 1. The molecule has 174 valence electrons. The highest BCUT2D eigenvalue weighted by molar-refractivity contribution is 7.09. The summed E-state index contributed by atoms with van der Waals surface area (Å²) in [6.45, 7) is 4.80.